The zero-order chi connectivity index (χ0) is 12.5. The van der Waals surface area contributed by atoms with Crippen molar-refractivity contribution in [2.45, 2.75) is 18.6 Å². The maximum atomic E-state index is 11.3. The van der Waals surface area contributed by atoms with Gasteiger partial charge in [-0.3, -0.25) is 4.79 Å². The van der Waals surface area contributed by atoms with Gasteiger partial charge in [-0.25, -0.2) is 4.98 Å². The van der Waals surface area contributed by atoms with Crippen molar-refractivity contribution in [2.75, 3.05) is 5.32 Å². The van der Waals surface area contributed by atoms with E-state index in [1.807, 2.05) is 18.3 Å². The van der Waals surface area contributed by atoms with Crippen molar-refractivity contribution < 1.29 is 4.79 Å². The van der Waals surface area contributed by atoms with Crippen LogP contribution in [0.5, 0.6) is 0 Å². The Morgan fingerprint density at radius 1 is 1.33 bits per heavy atom. The Kier molecular flexibility index (Phi) is 2.83. The second-order valence-electron chi connectivity index (χ2n) is 4.32. The first-order valence-electron chi connectivity index (χ1n) is 5.84. The Morgan fingerprint density at radius 3 is 3.00 bits per heavy atom. The van der Waals surface area contributed by atoms with E-state index in [4.69, 9.17) is 0 Å². The average molecular weight is 259 g/mol. The maximum Gasteiger partial charge on any atom is 0.224 e. The second kappa shape index (κ2) is 4.49. The number of hydrogen-bond donors (Lipinski definition) is 3. The van der Waals surface area contributed by atoms with Gasteiger partial charge in [-0.15, -0.1) is 0 Å². The molecule has 1 aliphatic rings. The number of amides is 1. The minimum absolute atomic E-state index is 0.0918. The normalized spacial score (nSPS) is 14.2. The van der Waals surface area contributed by atoms with Crippen molar-refractivity contribution in [1.82, 2.24) is 9.97 Å². The molecule has 0 radical (unpaired) electrons. The smallest absolute Gasteiger partial charge is 0.224 e. The predicted molar refractivity (Wildman–Crippen MR) is 73.7 cm³/mol. The number of carbonyl (C=O) groups is 1. The van der Waals surface area contributed by atoms with E-state index in [-0.39, 0.29) is 5.91 Å². The third-order valence-electron chi connectivity index (χ3n) is 3.09. The van der Waals surface area contributed by atoms with Crippen molar-refractivity contribution in [1.29, 1.82) is 0 Å². The number of anilines is 1. The molecule has 5 heteroatoms. The van der Waals surface area contributed by atoms with Crippen LogP contribution in [0.25, 0.3) is 11.3 Å². The third kappa shape index (κ3) is 2.01. The molecule has 0 atom stereocenters. The number of aromatic amines is 1. The van der Waals surface area contributed by atoms with Gasteiger partial charge in [0.05, 0.1) is 11.9 Å². The van der Waals surface area contributed by atoms with Gasteiger partial charge in [0, 0.05) is 17.9 Å². The first-order valence-corrected chi connectivity index (χ1v) is 6.47. The van der Waals surface area contributed by atoms with E-state index in [9.17, 15) is 4.79 Å². The van der Waals surface area contributed by atoms with E-state index in [1.54, 1.807) is 0 Å². The van der Waals surface area contributed by atoms with Gasteiger partial charge >= 0.3 is 0 Å². The minimum Gasteiger partial charge on any atom is -0.341 e. The molecule has 1 aromatic carbocycles. The van der Waals surface area contributed by atoms with Gasteiger partial charge in [0.15, 0.2) is 0 Å². The number of nitrogens with one attached hydrogen (secondary N) is 2. The van der Waals surface area contributed by atoms with Gasteiger partial charge in [-0.2, -0.15) is 12.6 Å². The number of nitrogens with zero attached hydrogens (tertiary/aromatic N) is 1. The van der Waals surface area contributed by atoms with E-state index < -0.39 is 0 Å². The summed E-state index contributed by atoms with van der Waals surface area (Å²) in [6.07, 6.45) is 3.17. The molecule has 92 valence electrons. The van der Waals surface area contributed by atoms with Gasteiger partial charge in [0.2, 0.25) is 5.91 Å². The standard InChI is InChI=1S/C13H13N3OS/c17-13-4-2-8-5-9(1-3-10(8)16-13)11-6-14-12(7-18)15-11/h1,3,5-6,18H,2,4,7H2,(H,14,15)(H,16,17). The van der Waals surface area contributed by atoms with Gasteiger partial charge in [-0.1, -0.05) is 6.07 Å². The number of hydrogen-bond acceptors (Lipinski definition) is 3. The van der Waals surface area contributed by atoms with Crippen LogP contribution < -0.4 is 5.32 Å². The predicted octanol–water partition coefficient (Wildman–Crippen LogP) is 2.39. The van der Waals surface area contributed by atoms with Crippen LogP contribution >= 0.6 is 12.6 Å². The molecule has 0 aliphatic carbocycles. The first kappa shape index (κ1) is 11.3. The van der Waals surface area contributed by atoms with E-state index in [2.05, 4.69) is 34.0 Å². The number of aromatic nitrogens is 2. The molecule has 2 heterocycles. The lowest BCUT2D eigenvalue weighted by Gasteiger charge is -2.17. The van der Waals surface area contributed by atoms with E-state index in [0.29, 0.717) is 12.2 Å². The van der Waals surface area contributed by atoms with Crippen LogP contribution in [0, 0.1) is 0 Å². The molecule has 0 saturated heterocycles. The summed E-state index contributed by atoms with van der Waals surface area (Å²) in [5.41, 5.74) is 4.17. The Labute approximate surface area is 110 Å². The van der Waals surface area contributed by atoms with Crippen LogP contribution in [0.2, 0.25) is 0 Å². The van der Waals surface area contributed by atoms with E-state index >= 15 is 0 Å². The molecular formula is C13H13N3OS. The number of fused-ring (bicyclic) bond motifs is 1. The Morgan fingerprint density at radius 2 is 2.22 bits per heavy atom. The summed E-state index contributed by atoms with van der Waals surface area (Å²) < 4.78 is 0. The highest BCUT2D eigenvalue weighted by molar-refractivity contribution is 7.79. The Hall–Kier alpha value is -1.75. The summed E-state index contributed by atoms with van der Waals surface area (Å²) in [5.74, 6) is 1.55. The van der Waals surface area contributed by atoms with Gasteiger partial charge in [-0.05, 0) is 29.7 Å². The highest BCUT2D eigenvalue weighted by Gasteiger charge is 2.15. The topological polar surface area (TPSA) is 57.8 Å². The number of aryl methyl sites for hydroxylation is 1. The quantitative estimate of drug-likeness (QED) is 0.725. The fourth-order valence-electron chi connectivity index (χ4n) is 2.14. The zero-order valence-corrected chi connectivity index (χ0v) is 10.6. The van der Waals surface area contributed by atoms with Crippen LogP contribution in [0.15, 0.2) is 24.4 Å². The number of H-pyrrole nitrogens is 1. The van der Waals surface area contributed by atoms with Crippen LogP contribution in [-0.4, -0.2) is 15.9 Å². The van der Waals surface area contributed by atoms with Crippen LogP contribution in [0.1, 0.15) is 17.8 Å². The monoisotopic (exact) mass is 259 g/mol. The number of rotatable bonds is 2. The zero-order valence-electron chi connectivity index (χ0n) is 9.73. The largest absolute Gasteiger partial charge is 0.341 e. The lowest BCUT2D eigenvalue weighted by atomic mass is 9.99. The molecule has 3 rings (SSSR count). The Balaban J connectivity index is 1.97. The number of benzene rings is 1. The molecule has 1 aliphatic heterocycles. The molecule has 2 N–H and O–H groups in total. The van der Waals surface area contributed by atoms with Crippen LogP contribution in [-0.2, 0) is 17.0 Å². The fourth-order valence-corrected chi connectivity index (χ4v) is 2.30. The molecule has 0 spiro atoms. The van der Waals surface area contributed by atoms with Gasteiger partial charge < -0.3 is 10.3 Å². The van der Waals surface area contributed by atoms with Crippen molar-refractivity contribution in [3.8, 4) is 11.3 Å². The van der Waals surface area contributed by atoms with Crippen molar-refractivity contribution in [2.24, 2.45) is 0 Å². The van der Waals surface area contributed by atoms with Gasteiger partial charge in [0.25, 0.3) is 0 Å². The SMILES string of the molecule is O=C1CCc2cc(-c3cnc(CS)[nH]3)ccc2N1. The molecule has 0 bridgehead atoms. The van der Waals surface area contributed by atoms with Crippen molar-refractivity contribution in [3.63, 3.8) is 0 Å². The summed E-state index contributed by atoms with van der Waals surface area (Å²) in [5, 5.41) is 2.88. The molecule has 0 fully saturated rings. The van der Waals surface area contributed by atoms with Crippen molar-refractivity contribution in [3.05, 3.63) is 35.8 Å². The highest BCUT2D eigenvalue weighted by Crippen LogP contribution is 2.27. The minimum atomic E-state index is 0.0918. The lowest BCUT2D eigenvalue weighted by molar-refractivity contribution is -0.116. The molecule has 0 saturated carbocycles. The summed E-state index contributed by atoms with van der Waals surface area (Å²) >= 11 is 4.18. The molecule has 2 aromatic rings. The first-order chi connectivity index (χ1) is 8.76. The number of thiol groups is 1. The highest BCUT2D eigenvalue weighted by atomic mass is 32.1. The summed E-state index contributed by atoms with van der Waals surface area (Å²) in [4.78, 5) is 18.7. The third-order valence-corrected chi connectivity index (χ3v) is 3.39. The second-order valence-corrected chi connectivity index (χ2v) is 4.64. The summed E-state index contributed by atoms with van der Waals surface area (Å²) in [6.45, 7) is 0. The van der Waals surface area contributed by atoms with Crippen LogP contribution in [0.4, 0.5) is 5.69 Å². The molecule has 4 nitrogen and oxygen atoms in total. The summed E-state index contributed by atoms with van der Waals surface area (Å²) in [7, 11) is 0. The molecule has 0 unspecified atom stereocenters. The van der Waals surface area contributed by atoms with Crippen molar-refractivity contribution >= 4 is 24.2 Å². The average Bonchev–Trinajstić information content (AvgIpc) is 2.87. The van der Waals surface area contributed by atoms with Crippen LogP contribution in [0.3, 0.4) is 0 Å². The fraction of sp³-hybridized carbons (Fsp3) is 0.231. The van der Waals surface area contributed by atoms with Gasteiger partial charge in [0.1, 0.15) is 5.82 Å². The maximum absolute atomic E-state index is 11.3. The van der Waals surface area contributed by atoms with E-state index in [0.717, 1.165) is 29.2 Å². The number of carbonyl (C=O) groups excluding carboxylic acids is 1. The molecule has 1 amide bonds. The Bertz CT molecular complexity index is 606. The lowest BCUT2D eigenvalue weighted by Crippen LogP contribution is -2.18. The molecule has 1 aromatic heterocycles. The van der Waals surface area contributed by atoms with E-state index in [1.165, 1.54) is 5.56 Å². The number of imidazole rings is 1. The molecule has 18 heavy (non-hydrogen) atoms. The summed E-state index contributed by atoms with van der Waals surface area (Å²) in [6, 6.07) is 6.04. The molecular weight excluding hydrogens is 246 g/mol.